The summed E-state index contributed by atoms with van der Waals surface area (Å²) in [5.41, 5.74) is 1.44. The third-order valence-corrected chi connectivity index (χ3v) is 6.92. The zero-order valence-corrected chi connectivity index (χ0v) is 16.5. The summed E-state index contributed by atoms with van der Waals surface area (Å²) in [4.78, 5) is 16.6. The Morgan fingerprint density at radius 1 is 1.14 bits per heavy atom. The fraction of sp³-hybridized carbons (Fsp3) is 0.300. The maximum atomic E-state index is 13.6. The number of fused-ring (bicyclic) bond motifs is 1. The molecule has 2 aromatic carbocycles. The van der Waals surface area contributed by atoms with E-state index >= 15 is 0 Å². The Hall–Kier alpha value is -2.78. The molecule has 0 radical (unpaired) electrons. The molecule has 2 heterocycles. The first-order chi connectivity index (χ1) is 13.9. The highest BCUT2D eigenvalue weighted by Gasteiger charge is 2.27. The lowest BCUT2D eigenvalue weighted by atomic mass is 10.3. The van der Waals surface area contributed by atoms with Crippen LogP contribution in [0, 0.1) is 5.82 Å². The molecule has 0 aliphatic carbocycles. The molecule has 152 valence electrons. The van der Waals surface area contributed by atoms with Gasteiger partial charge < -0.3 is 9.88 Å². The van der Waals surface area contributed by atoms with Crippen LogP contribution in [0.2, 0.25) is 0 Å². The first-order valence-corrected chi connectivity index (χ1v) is 10.9. The van der Waals surface area contributed by atoms with E-state index in [9.17, 15) is 17.6 Å². The van der Waals surface area contributed by atoms with Crippen molar-refractivity contribution in [3.63, 3.8) is 0 Å². The smallest absolute Gasteiger partial charge is 0.243 e. The standard InChI is InChI=1S/C20H21FN4O3S/c21-16-5-1-2-6-17(16)23-20(26)9-12-24-14-22-18-13-15(7-8-19(18)24)29(27,28)25-10-3-4-11-25/h1-2,5-8,13-14H,3-4,9-12H2,(H,23,26). The zero-order chi connectivity index (χ0) is 20.4. The first kappa shape index (κ1) is 19.5. The Morgan fingerprint density at radius 2 is 1.90 bits per heavy atom. The zero-order valence-electron chi connectivity index (χ0n) is 15.7. The number of rotatable bonds is 6. The maximum absolute atomic E-state index is 13.6. The van der Waals surface area contributed by atoms with Gasteiger partial charge in [0.05, 0.1) is 27.9 Å². The van der Waals surface area contributed by atoms with Crippen molar-refractivity contribution < 1.29 is 17.6 Å². The lowest BCUT2D eigenvalue weighted by Crippen LogP contribution is -2.27. The van der Waals surface area contributed by atoms with E-state index in [4.69, 9.17) is 0 Å². The Morgan fingerprint density at radius 3 is 2.66 bits per heavy atom. The van der Waals surface area contributed by atoms with Gasteiger partial charge in [-0.2, -0.15) is 4.31 Å². The number of hydrogen-bond donors (Lipinski definition) is 1. The van der Waals surface area contributed by atoms with Crippen LogP contribution in [0.4, 0.5) is 10.1 Å². The van der Waals surface area contributed by atoms with Crippen molar-refractivity contribution in [3.8, 4) is 0 Å². The molecular weight excluding hydrogens is 395 g/mol. The number of amides is 1. The van der Waals surface area contributed by atoms with E-state index in [1.807, 2.05) is 0 Å². The van der Waals surface area contributed by atoms with E-state index < -0.39 is 15.8 Å². The van der Waals surface area contributed by atoms with Crippen molar-refractivity contribution >= 4 is 32.7 Å². The van der Waals surface area contributed by atoms with Gasteiger partial charge in [-0.1, -0.05) is 12.1 Å². The molecule has 0 atom stereocenters. The summed E-state index contributed by atoms with van der Waals surface area (Å²) in [5, 5.41) is 2.55. The van der Waals surface area contributed by atoms with Gasteiger partial charge in [0.25, 0.3) is 0 Å². The summed E-state index contributed by atoms with van der Waals surface area (Å²) >= 11 is 0. The van der Waals surface area contributed by atoms with Gasteiger partial charge in [-0.15, -0.1) is 0 Å². The summed E-state index contributed by atoms with van der Waals surface area (Å²) in [6.45, 7) is 1.44. The fourth-order valence-electron chi connectivity index (χ4n) is 3.46. The highest BCUT2D eigenvalue weighted by atomic mass is 32.2. The number of aromatic nitrogens is 2. The van der Waals surface area contributed by atoms with Gasteiger partial charge in [0.2, 0.25) is 15.9 Å². The monoisotopic (exact) mass is 416 g/mol. The minimum atomic E-state index is -3.50. The van der Waals surface area contributed by atoms with Crippen molar-refractivity contribution in [2.45, 2.75) is 30.7 Å². The van der Waals surface area contributed by atoms with Crippen LogP contribution in [-0.4, -0.2) is 41.3 Å². The molecule has 1 fully saturated rings. The number of para-hydroxylation sites is 1. The van der Waals surface area contributed by atoms with Gasteiger partial charge in [0.1, 0.15) is 5.82 Å². The summed E-state index contributed by atoms with van der Waals surface area (Å²) < 4.78 is 42.3. The molecule has 1 aliphatic heterocycles. The number of nitrogens with one attached hydrogen (secondary N) is 1. The average Bonchev–Trinajstić information content (AvgIpc) is 3.38. The van der Waals surface area contributed by atoms with Crippen molar-refractivity contribution in [1.82, 2.24) is 13.9 Å². The number of hydrogen-bond acceptors (Lipinski definition) is 4. The molecule has 0 saturated carbocycles. The van der Waals surface area contributed by atoms with Crippen LogP contribution in [0.15, 0.2) is 53.7 Å². The Labute approximate surface area is 168 Å². The first-order valence-electron chi connectivity index (χ1n) is 9.44. The van der Waals surface area contributed by atoms with Crippen LogP contribution in [0.1, 0.15) is 19.3 Å². The number of nitrogens with zero attached hydrogens (tertiary/aromatic N) is 3. The number of benzene rings is 2. The highest BCUT2D eigenvalue weighted by molar-refractivity contribution is 7.89. The van der Waals surface area contributed by atoms with E-state index in [-0.39, 0.29) is 22.9 Å². The van der Waals surface area contributed by atoms with Gasteiger partial charge in [0, 0.05) is 26.1 Å². The quantitative estimate of drug-likeness (QED) is 0.670. The second kappa shape index (κ2) is 7.92. The molecule has 29 heavy (non-hydrogen) atoms. The predicted molar refractivity (Wildman–Crippen MR) is 107 cm³/mol. The number of imidazole rings is 1. The molecule has 0 unspecified atom stereocenters. The second-order valence-corrected chi connectivity index (χ2v) is 8.92. The van der Waals surface area contributed by atoms with Gasteiger partial charge in [-0.3, -0.25) is 4.79 Å². The maximum Gasteiger partial charge on any atom is 0.243 e. The number of aryl methyl sites for hydroxylation is 1. The number of sulfonamides is 1. The summed E-state index contributed by atoms with van der Waals surface area (Å²) in [7, 11) is -3.50. The summed E-state index contributed by atoms with van der Waals surface area (Å²) in [6, 6.07) is 10.8. The topological polar surface area (TPSA) is 84.3 Å². The van der Waals surface area contributed by atoms with E-state index in [0.29, 0.717) is 25.2 Å². The minimum Gasteiger partial charge on any atom is -0.330 e. The van der Waals surface area contributed by atoms with E-state index in [0.717, 1.165) is 18.4 Å². The molecule has 1 N–H and O–H groups in total. The Bertz CT molecular complexity index is 1150. The predicted octanol–water partition coefficient (Wildman–Crippen LogP) is 2.99. The molecule has 4 rings (SSSR count). The molecule has 1 amide bonds. The molecule has 3 aromatic rings. The minimum absolute atomic E-state index is 0.133. The molecule has 1 saturated heterocycles. The molecule has 0 spiro atoms. The number of halogens is 1. The van der Waals surface area contributed by atoms with Crippen molar-refractivity contribution in [3.05, 3.63) is 54.6 Å². The molecule has 9 heteroatoms. The number of carbonyl (C=O) groups excluding carboxylic acids is 1. The molecule has 0 bridgehead atoms. The van der Waals surface area contributed by atoms with Crippen LogP contribution in [0.25, 0.3) is 11.0 Å². The Kier molecular flexibility index (Phi) is 5.33. The lowest BCUT2D eigenvalue weighted by Gasteiger charge is -2.15. The normalized spacial score (nSPS) is 15.1. The van der Waals surface area contributed by atoms with Gasteiger partial charge >= 0.3 is 0 Å². The second-order valence-electron chi connectivity index (χ2n) is 6.98. The third kappa shape index (κ3) is 4.01. The SMILES string of the molecule is O=C(CCn1cnc2cc(S(=O)(=O)N3CCCC3)ccc21)Nc1ccccc1F. The Balaban J connectivity index is 1.46. The van der Waals surface area contributed by atoms with E-state index in [2.05, 4.69) is 10.3 Å². The van der Waals surface area contributed by atoms with Crippen LogP contribution >= 0.6 is 0 Å². The molecule has 7 nitrogen and oxygen atoms in total. The van der Waals surface area contributed by atoms with Crippen molar-refractivity contribution in [2.75, 3.05) is 18.4 Å². The molecular formula is C20H21FN4O3S. The third-order valence-electron chi connectivity index (χ3n) is 5.02. The lowest BCUT2D eigenvalue weighted by molar-refractivity contribution is -0.116. The average molecular weight is 416 g/mol. The van der Waals surface area contributed by atoms with Gasteiger partial charge in [0.15, 0.2) is 0 Å². The highest BCUT2D eigenvalue weighted by Crippen LogP contribution is 2.24. The van der Waals surface area contributed by atoms with Crippen LogP contribution in [0.5, 0.6) is 0 Å². The number of anilines is 1. The summed E-state index contributed by atoms with van der Waals surface area (Å²) in [5.74, 6) is -0.800. The number of carbonyl (C=O) groups is 1. The van der Waals surface area contributed by atoms with E-state index in [1.54, 1.807) is 41.2 Å². The van der Waals surface area contributed by atoms with Gasteiger partial charge in [-0.25, -0.2) is 17.8 Å². The molecule has 1 aromatic heterocycles. The van der Waals surface area contributed by atoms with Crippen LogP contribution in [0.3, 0.4) is 0 Å². The summed E-state index contributed by atoms with van der Waals surface area (Å²) in [6.07, 6.45) is 3.47. The van der Waals surface area contributed by atoms with Crippen molar-refractivity contribution in [1.29, 1.82) is 0 Å². The van der Waals surface area contributed by atoms with Crippen molar-refractivity contribution in [2.24, 2.45) is 0 Å². The molecule has 1 aliphatic rings. The van der Waals surface area contributed by atoms with E-state index in [1.165, 1.54) is 16.4 Å². The van der Waals surface area contributed by atoms with Gasteiger partial charge in [-0.05, 0) is 43.2 Å². The fourth-order valence-corrected chi connectivity index (χ4v) is 4.99. The largest absolute Gasteiger partial charge is 0.330 e. The van der Waals surface area contributed by atoms with Crippen LogP contribution in [-0.2, 0) is 21.4 Å². The van der Waals surface area contributed by atoms with Crippen LogP contribution < -0.4 is 5.32 Å².